The van der Waals surface area contributed by atoms with Crippen molar-refractivity contribution in [3.8, 4) is 0 Å². The standard InChI is InChI=1S/C13H16ClNO3/c1-8(2)13(17)18-7-12(16)15-11-5-4-10(14)6-9(11)3/h4-6,8H,7H2,1-3H3,(H,15,16). The van der Waals surface area contributed by atoms with Gasteiger partial charge in [0, 0.05) is 10.7 Å². The van der Waals surface area contributed by atoms with Gasteiger partial charge in [-0.2, -0.15) is 0 Å². The van der Waals surface area contributed by atoms with Crippen molar-refractivity contribution < 1.29 is 14.3 Å². The summed E-state index contributed by atoms with van der Waals surface area (Å²) in [6.07, 6.45) is 0. The highest BCUT2D eigenvalue weighted by molar-refractivity contribution is 6.30. The number of nitrogens with one attached hydrogen (secondary N) is 1. The van der Waals surface area contributed by atoms with Crippen molar-refractivity contribution in [1.82, 2.24) is 0 Å². The Balaban J connectivity index is 2.52. The number of amides is 1. The van der Waals surface area contributed by atoms with Crippen LogP contribution in [0.5, 0.6) is 0 Å². The van der Waals surface area contributed by atoms with E-state index in [1.807, 2.05) is 6.92 Å². The van der Waals surface area contributed by atoms with Crippen LogP contribution in [0.15, 0.2) is 18.2 Å². The van der Waals surface area contributed by atoms with Gasteiger partial charge in [-0.05, 0) is 30.7 Å². The van der Waals surface area contributed by atoms with Gasteiger partial charge in [0.1, 0.15) is 0 Å². The summed E-state index contributed by atoms with van der Waals surface area (Å²) in [6, 6.07) is 5.14. The van der Waals surface area contributed by atoms with E-state index in [0.29, 0.717) is 10.7 Å². The molecule has 5 heteroatoms. The van der Waals surface area contributed by atoms with Crippen LogP contribution in [0.2, 0.25) is 5.02 Å². The van der Waals surface area contributed by atoms with Crippen LogP contribution in [-0.2, 0) is 14.3 Å². The molecule has 1 aromatic rings. The Bertz CT molecular complexity index is 458. The molecule has 0 aliphatic carbocycles. The average molecular weight is 270 g/mol. The normalized spacial score (nSPS) is 10.3. The predicted octanol–water partition coefficient (Wildman–Crippen LogP) is 2.79. The molecule has 0 atom stereocenters. The van der Waals surface area contributed by atoms with Gasteiger partial charge in [-0.15, -0.1) is 0 Å². The Morgan fingerprint density at radius 1 is 1.39 bits per heavy atom. The molecule has 0 fully saturated rings. The number of hydrogen-bond acceptors (Lipinski definition) is 3. The van der Waals surface area contributed by atoms with E-state index in [1.165, 1.54) is 0 Å². The maximum Gasteiger partial charge on any atom is 0.308 e. The number of aryl methyl sites for hydroxylation is 1. The molecule has 1 N–H and O–H groups in total. The van der Waals surface area contributed by atoms with Crippen LogP contribution < -0.4 is 5.32 Å². The van der Waals surface area contributed by atoms with Crippen molar-refractivity contribution in [3.05, 3.63) is 28.8 Å². The summed E-state index contributed by atoms with van der Waals surface area (Å²) in [4.78, 5) is 22.7. The smallest absolute Gasteiger partial charge is 0.308 e. The first kappa shape index (κ1) is 14.5. The molecule has 1 aromatic carbocycles. The second kappa shape index (κ2) is 6.40. The number of esters is 1. The summed E-state index contributed by atoms with van der Waals surface area (Å²) < 4.78 is 4.82. The quantitative estimate of drug-likeness (QED) is 0.855. The number of benzene rings is 1. The minimum atomic E-state index is -0.391. The predicted molar refractivity (Wildman–Crippen MR) is 70.6 cm³/mol. The minimum Gasteiger partial charge on any atom is -0.455 e. The van der Waals surface area contributed by atoms with Crippen LogP contribution in [0.3, 0.4) is 0 Å². The molecule has 18 heavy (non-hydrogen) atoms. The lowest BCUT2D eigenvalue weighted by Gasteiger charge is -2.10. The van der Waals surface area contributed by atoms with E-state index < -0.39 is 5.97 Å². The molecule has 98 valence electrons. The Kier molecular flexibility index (Phi) is 5.16. The second-order valence-corrected chi connectivity index (χ2v) is 4.71. The highest BCUT2D eigenvalue weighted by Crippen LogP contribution is 2.19. The molecule has 0 saturated heterocycles. The molecule has 0 heterocycles. The van der Waals surface area contributed by atoms with Gasteiger partial charge in [0.25, 0.3) is 5.91 Å². The van der Waals surface area contributed by atoms with Gasteiger partial charge >= 0.3 is 5.97 Å². The third kappa shape index (κ3) is 4.37. The van der Waals surface area contributed by atoms with E-state index in [-0.39, 0.29) is 18.4 Å². The van der Waals surface area contributed by atoms with Crippen molar-refractivity contribution in [2.75, 3.05) is 11.9 Å². The van der Waals surface area contributed by atoms with Crippen molar-refractivity contribution in [1.29, 1.82) is 0 Å². The van der Waals surface area contributed by atoms with Gasteiger partial charge < -0.3 is 10.1 Å². The van der Waals surface area contributed by atoms with Crippen LogP contribution in [-0.4, -0.2) is 18.5 Å². The number of halogens is 1. The van der Waals surface area contributed by atoms with Gasteiger partial charge in [-0.25, -0.2) is 0 Å². The number of hydrogen-bond donors (Lipinski definition) is 1. The summed E-state index contributed by atoms with van der Waals surface area (Å²) in [7, 11) is 0. The van der Waals surface area contributed by atoms with E-state index in [0.717, 1.165) is 5.56 Å². The molecule has 4 nitrogen and oxygen atoms in total. The Labute approximate surface area is 111 Å². The summed E-state index contributed by atoms with van der Waals surface area (Å²) in [6.45, 7) is 4.98. The highest BCUT2D eigenvalue weighted by atomic mass is 35.5. The molecule has 0 unspecified atom stereocenters. The van der Waals surface area contributed by atoms with E-state index in [9.17, 15) is 9.59 Å². The number of rotatable bonds is 4. The van der Waals surface area contributed by atoms with Crippen LogP contribution in [0, 0.1) is 12.8 Å². The number of carbonyl (C=O) groups is 2. The summed E-state index contributed by atoms with van der Waals surface area (Å²) in [5.41, 5.74) is 1.51. The third-order valence-electron chi connectivity index (χ3n) is 2.28. The topological polar surface area (TPSA) is 55.4 Å². The molecule has 1 rings (SSSR count). The Hall–Kier alpha value is -1.55. The lowest BCUT2D eigenvalue weighted by Crippen LogP contribution is -2.23. The average Bonchev–Trinajstić information content (AvgIpc) is 2.29. The zero-order valence-corrected chi connectivity index (χ0v) is 11.4. The summed E-state index contributed by atoms with van der Waals surface area (Å²) in [5.74, 6) is -0.998. The van der Waals surface area contributed by atoms with Crippen LogP contribution in [0.1, 0.15) is 19.4 Å². The zero-order chi connectivity index (χ0) is 13.7. The lowest BCUT2D eigenvalue weighted by molar-refractivity contribution is -0.150. The van der Waals surface area contributed by atoms with Crippen LogP contribution in [0.4, 0.5) is 5.69 Å². The number of anilines is 1. The lowest BCUT2D eigenvalue weighted by atomic mass is 10.2. The molecule has 0 radical (unpaired) electrons. The Morgan fingerprint density at radius 3 is 2.61 bits per heavy atom. The van der Waals surface area contributed by atoms with Gasteiger partial charge in [0.15, 0.2) is 6.61 Å². The van der Waals surface area contributed by atoms with Gasteiger partial charge in [0.2, 0.25) is 0 Å². The highest BCUT2D eigenvalue weighted by Gasteiger charge is 2.11. The van der Waals surface area contributed by atoms with Crippen molar-refractivity contribution in [2.45, 2.75) is 20.8 Å². The van der Waals surface area contributed by atoms with E-state index in [1.54, 1.807) is 32.0 Å². The van der Waals surface area contributed by atoms with E-state index in [4.69, 9.17) is 16.3 Å². The number of ether oxygens (including phenoxy) is 1. The first-order valence-corrected chi connectivity index (χ1v) is 6.00. The largest absolute Gasteiger partial charge is 0.455 e. The zero-order valence-electron chi connectivity index (χ0n) is 10.6. The molecule has 0 aliphatic heterocycles. The molecular weight excluding hydrogens is 254 g/mol. The third-order valence-corrected chi connectivity index (χ3v) is 2.51. The first-order chi connectivity index (χ1) is 8.40. The van der Waals surface area contributed by atoms with Crippen LogP contribution >= 0.6 is 11.6 Å². The van der Waals surface area contributed by atoms with Crippen molar-refractivity contribution in [3.63, 3.8) is 0 Å². The second-order valence-electron chi connectivity index (χ2n) is 4.27. The van der Waals surface area contributed by atoms with E-state index in [2.05, 4.69) is 5.32 Å². The summed E-state index contributed by atoms with van der Waals surface area (Å²) in [5, 5.41) is 3.26. The van der Waals surface area contributed by atoms with Gasteiger partial charge in [-0.1, -0.05) is 25.4 Å². The fourth-order valence-corrected chi connectivity index (χ4v) is 1.48. The first-order valence-electron chi connectivity index (χ1n) is 5.62. The number of carbonyl (C=O) groups excluding carboxylic acids is 2. The Morgan fingerprint density at radius 2 is 2.06 bits per heavy atom. The molecule has 0 spiro atoms. The molecule has 0 bridgehead atoms. The van der Waals surface area contributed by atoms with Gasteiger partial charge in [0.05, 0.1) is 5.92 Å². The van der Waals surface area contributed by atoms with Crippen LogP contribution in [0.25, 0.3) is 0 Å². The molecule has 0 saturated carbocycles. The fourth-order valence-electron chi connectivity index (χ4n) is 1.26. The SMILES string of the molecule is Cc1cc(Cl)ccc1NC(=O)COC(=O)C(C)C. The van der Waals surface area contributed by atoms with E-state index >= 15 is 0 Å². The molecule has 0 aromatic heterocycles. The van der Waals surface area contributed by atoms with Crippen molar-refractivity contribution in [2.24, 2.45) is 5.92 Å². The maximum atomic E-state index is 11.6. The molecule has 1 amide bonds. The monoisotopic (exact) mass is 269 g/mol. The minimum absolute atomic E-state index is 0.241. The van der Waals surface area contributed by atoms with Crippen molar-refractivity contribution >= 4 is 29.2 Å². The fraction of sp³-hybridized carbons (Fsp3) is 0.385. The molecular formula is C13H16ClNO3. The maximum absolute atomic E-state index is 11.6. The molecule has 0 aliphatic rings. The summed E-state index contributed by atoms with van der Waals surface area (Å²) >= 11 is 5.81. The van der Waals surface area contributed by atoms with Gasteiger partial charge in [-0.3, -0.25) is 9.59 Å².